The molecule has 1 heterocycles. The number of nitrogens with one attached hydrogen (secondary N) is 1. The fraction of sp³-hybridized carbons (Fsp3) is 0.556. The van der Waals surface area contributed by atoms with Crippen molar-refractivity contribution in [1.29, 1.82) is 0 Å². The lowest BCUT2D eigenvalue weighted by Crippen LogP contribution is -2.09. The Kier molecular flexibility index (Phi) is 4.58. The molecule has 8 nitrogen and oxygen atoms in total. The third kappa shape index (κ3) is 2.78. The summed E-state index contributed by atoms with van der Waals surface area (Å²) in [6.07, 6.45) is 0.822. The summed E-state index contributed by atoms with van der Waals surface area (Å²) in [6.45, 7) is 2.59. The number of methoxy groups -OCH3 is 1. The van der Waals surface area contributed by atoms with Gasteiger partial charge in [-0.25, -0.2) is 0 Å². The van der Waals surface area contributed by atoms with Crippen LogP contribution >= 0.6 is 0 Å². The Morgan fingerprint density at radius 1 is 1.65 bits per heavy atom. The van der Waals surface area contributed by atoms with E-state index in [0.717, 1.165) is 0 Å². The largest absolute Gasteiger partial charge is 0.383 e. The molecule has 8 heteroatoms. The van der Waals surface area contributed by atoms with E-state index in [1.54, 1.807) is 6.92 Å². The van der Waals surface area contributed by atoms with Gasteiger partial charge in [0, 0.05) is 7.11 Å². The van der Waals surface area contributed by atoms with E-state index in [2.05, 4.69) is 10.4 Å². The van der Waals surface area contributed by atoms with Crippen LogP contribution in [0.5, 0.6) is 0 Å². The number of aromatic nitrogens is 2. The van der Waals surface area contributed by atoms with Crippen LogP contribution in [0, 0.1) is 10.1 Å². The Morgan fingerprint density at radius 2 is 2.35 bits per heavy atom. The summed E-state index contributed by atoms with van der Waals surface area (Å²) in [7, 11) is 1.54. The number of rotatable bonds is 7. The fourth-order valence-electron chi connectivity index (χ4n) is 1.54. The molecular weight excluding hydrogens is 228 g/mol. The number of carbonyl (C=O) groups is 1. The molecule has 1 amide bonds. The van der Waals surface area contributed by atoms with Crippen LogP contribution in [0.3, 0.4) is 0 Å². The topological polar surface area (TPSA) is 99.3 Å². The molecule has 0 aliphatic heterocycles. The van der Waals surface area contributed by atoms with Crippen molar-refractivity contribution in [3.8, 4) is 0 Å². The second-order valence-corrected chi connectivity index (χ2v) is 3.23. The zero-order valence-corrected chi connectivity index (χ0v) is 9.67. The van der Waals surface area contributed by atoms with Crippen LogP contribution < -0.4 is 5.32 Å². The number of hydrogen-bond acceptors (Lipinski definition) is 5. The van der Waals surface area contributed by atoms with Gasteiger partial charge in [0.25, 0.3) is 0 Å². The average molecular weight is 242 g/mol. The first-order chi connectivity index (χ1) is 8.15. The van der Waals surface area contributed by atoms with E-state index in [0.29, 0.717) is 31.7 Å². The minimum absolute atomic E-state index is 0.0297. The maximum absolute atomic E-state index is 10.9. The van der Waals surface area contributed by atoms with E-state index in [-0.39, 0.29) is 11.5 Å². The lowest BCUT2D eigenvalue weighted by molar-refractivity contribution is -0.384. The third-order valence-electron chi connectivity index (χ3n) is 2.25. The molecule has 94 valence electrons. The van der Waals surface area contributed by atoms with E-state index in [1.165, 1.54) is 11.8 Å². The molecule has 0 fully saturated rings. The van der Waals surface area contributed by atoms with Crippen LogP contribution in [0.4, 0.5) is 11.5 Å². The zero-order valence-electron chi connectivity index (χ0n) is 9.67. The molecule has 1 aromatic heterocycles. The number of anilines is 1. The van der Waals surface area contributed by atoms with Crippen LogP contribution in [-0.4, -0.2) is 34.8 Å². The van der Waals surface area contributed by atoms with Gasteiger partial charge >= 0.3 is 5.69 Å². The quantitative estimate of drug-likeness (QED) is 0.428. The van der Waals surface area contributed by atoms with E-state index < -0.39 is 4.92 Å². The maximum atomic E-state index is 10.9. The predicted molar refractivity (Wildman–Crippen MR) is 59.8 cm³/mol. The van der Waals surface area contributed by atoms with Crippen molar-refractivity contribution in [2.45, 2.75) is 19.9 Å². The van der Waals surface area contributed by atoms with Crippen molar-refractivity contribution < 1.29 is 14.5 Å². The molecule has 0 bridgehead atoms. The summed E-state index contributed by atoms with van der Waals surface area (Å²) in [5.74, 6) is -0.0297. The van der Waals surface area contributed by atoms with Crippen molar-refractivity contribution >= 4 is 17.9 Å². The summed E-state index contributed by atoms with van der Waals surface area (Å²) in [6, 6.07) is 0. The van der Waals surface area contributed by atoms with Crippen molar-refractivity contribution in [3.05, 3.63) is 15.8 Å². The first-order valence-electron chi connectivity index (χ1n) is 5.08. The Balaban J connectivity index is 3.17. The van der Waals surface area contributed by atoms with Crippen LogP contribution in [0.1, 0.15) is 12.6 Å². The molecule has 1 rings (SSSR count). The normalized spacial score (nSPS) is 10.2. The molecule has 0 aliphatic carbocycles. The van der Waals surface area contributed by atoms with Crippen LogP contribution in [-0.2, 0) is 22.5 Å². The van der Waals surface area contributed by atoms with Gasteiger partial charge in [-0.2, -0.15) is 0 Å². The van der Waals surface area contributed by atoms with Crippen LogP contribution in [0.25, 0.3) is 0 Å². The van der Waals surface area contributed by atoms with Gasteiger partial charge in [-0.05, 0) is 6.42 Å². The van der Waals surface area contributed by atoms with Gasteiger partial charge in [0.15, 0.2) is 0 Å². The van der Waals surface area contributed by atoms with Gasteiger partial charge in [0.1, 0.15) is 5.69 Å². The monoisotopic (exact) mass is 242 g/mol. The molecule has 0 aliphatic rings. The molecule has 0 radical (unpaired) electrons. The Bertz CT molecular complexity index is 415. The summed E-state index contributed by atoms with van der Waals surface area (Å²) < 4.78 is 6.37. The Hall–Kier alpha value is -1.96. The Labute approximate surface area is 97.7 Å². The summed E-state index contributed by atoms with van der Waals surface area (Å²) in [5.41, 5.74) is 0.312. The molecule has 0 aromatic carbocycles. The smallest absolute Gasteiger partial charge is 0.334 e. The number of carbonyl (C=O) groups excluding carboxylic acids is 1. The van der Waals surface area contributed by atoms with E-state index in [1.807, 2.05) is 0 Å². The van der Waals surface area contributed by atoms with Gasteiger partial charge < -0.3 is 10.1 Å². The lowest BCUT2D eigenvalue weighted by Gasteiger charge is -2.03. The van der Waals surface area contributed by atoms with Gasteiger partial charge in [0.05, 0.1) is 18.1 Å². The second kappa shape index (κ2) is 5.94. The van der Waals surface area contributed by atoms with Crippen molar-refractivity contribution in [1.82, 2.24) is 9.78 Å². The van der Waals surface area contributed by atoms with Gasteiger partial charge in [-0.15, -0.1) is 5.10 Å². The predicted octanol–water partition coefficient (Wildman–Crippen LogP) is 0.568. The SMILES string of the molecule is CCc1c([N+](=O)[O-])c(NC=O)nn1CCOC. The summed E-state index contributed by atoms with van der Waals surface area (Å²) in [4.78, 5) is 20.8. The first kappa shape index (κ1) is 13.1. The van der Waals surface area contributed by atoms with Crippen molar-refractivity contribution in [2.75, 3.05) is 19.0 Å². The fourth-order valence-corrected chi connectivity index (χ4v) is 1.54. The molecule has 0 unspecified atom stereocenters. The first-order valence-corrected chi connectivity index (χ1v) is 5.08. The van der Waals surface area contributed by atoms with Gasteiger partial charge in [-0.3, -0.25) is 19.6 Å². The summed E-state index contributed by atoms with van der Waals surface area (Å²) in [5, 5.41) is 17.1. The second-order valence-electron chi connectivity index (χ2n) is 3.23. The highest BCUT2D eigenvalue weighted by atomic mass is 16.6. The molecule has 0 saturated heterocycles. The Morgan fingerprint density at radius 3 is 2.82 bits per heavy atom. The molecule has 1 aromatic rings. The van der Waals surface area contributed by atoms with Gasteiger partial charge in [0.2, 0.25) is 12.2 Å². The van der Waals surface area contributed by atoms with Crippen molar-refractivity contribution in [3.63, 3.8) is 0 Å². The minimum Gasteiger partial charge on any atom is -0.383 e. The highest BCUT2D eigenvalue weighted by molar-refractivity contribution is 5.75. The van der Waals surface area contributed by atoms with E-state index in [4.69, 9.17) is 4.74 Å². The number of amides is 1. The highest BCUT2D eigenvalue weighted by Gasteiger charge is 2.26. The number of nitrogens with zero attached hydrogens (tertiary/aromatic N) is 3. The van der Waals surface area contributed by atoms with E-state index in [9.17, 15) is 14.9 Å². The molecular formula is C9H14N4O4. The molecule has 1 N–H and O–H groups in total. The van der Waals surface area contributed by atoms with Crippen molar-refractivity contribution in [2.24, 2.45) is 0 Å². The molecule has 0 atom stereocenters. The third-order valence-corrected chi connectivity index (χ3v) is 2.25. The molecule has 17 heavy (non-hydrogen) atoms. The zero-order chi connectivity index (χ0) is 12.8. The molecule has 0 saturated carbocycles. The molecule has 0 spiro atoms. The van der Waals surface area contributed by atoms with E-state index >= 15 is 0 Å². The highest BCUT2D eigenvalue weighted by Crippen LogP contribution is 2.28. The maximum Gasteiger partial charge on any atom is 0.334 e. The average Bonchev–Trinajstić information content (AvgIpc) is 2.64. The number of ether oxygens (including phenoxy) is 1. The van der Waals surface area contributed by atoms with Gasteiger partial charge in [-0.1, -0.05) is 6.92 Å². The number of nitro groups is 1. The lowest BCUT2D eigenvalue weighted by atomic mass is 10.3. The summed E-state index contributed by atoms with van der Waals surface area (Å²) >= 11 is 0. The minimum atomic E-state index is -0.541. The van der Waals surface area contributed by atoms with Crippen LogP contribution in [0.15, 0.2) is 0 Å². The standard InChI is InChI=1S/C9H14N4O4/c1-3-7-8(13(15)16)9(10-6-14)11-12(7)4-5-17-2/h6H,3-5H2,1-2H3,(H,10,11,14). The van der Waals surface area contributed by atoms with Crippen LogP contribution in [0.2, 0.25) is 0 Å². The number of hydrogen-bond donors (Lipinski definition) is 1.